The van der Waals surface area contributed by atoms with Crippen molar-refractivity contribution in [3.8, 4) is 6.07 Å². The van der Waals surface area contributed by atoms with E-state index >= 15 is 0 Å². The number of benzene rings is 2. The predicted molar refractivity (Wildman–Crippen MR) is 137 cm³/mol. The first-order valence-electron chi connectivity index (χ1n) is 11.0. The molecule has 5 nitrogen and oxygen atoms in total. The van der Waals surface area contributed by atoms with E-state index in [9.17, 15) is 9.65 Å². The van der Waals surface area contributed by atoms with Crippen LogP contribution in [0.25, 0.3) is 27.5 Å². The van der Waals surface area contributed by atoms with Gasteiger partial charge in [-0.2, -0.15) is 5.26 Å². The van der Waals surface area contributed by atoms with Crippen LogP contribution >= 0.6 is 11.6 Å². The molecule has 35 heavy (non-hydrogen) atoms. The first-order chi connectivity index (χ1) is 16.9. The van der Waals surface area contributed by atoms with Gasteiger partial charge in [0.25, 0.3) is 0 Å². The van der Waals surface area contributed by atoms with Gasteiger partial charge in [0.15, 0.2) is 0 Å². The molecule has 0 amide bonds. The fraction of sp³-hybridized carbons (Fsp3) is 0.107. The van der Waals surface area contributed by atoms with E-state index < -0.39 is 0 Å². The second-order valence-electron chi connectivity index (χ2n) is 8.51. The van der Waals surface area contributed by atoms with E-state index in [-0.39, 0.29) is 12.4 Å². The maximum absolute atomic E-state index is 14.5. The number of aromatic amines is 1. The number of aromatic nitrogens is 3. The Hall–Kier alpha value is -4.21. The molecule has 0 aliphatic rings. The zero-order valence-corrected chi connectivity index (χ0v) is 19.7. The van der Waals surface area contributed by atoms with Gasteiger partial charge in [0.2, 0.25) is 0 Å². The zero-order chi connectivity index (χ0) is 24.5. The minimum atomic E-state index is -0.318. The maximum Gasteiger partial charge on any atom is 0.130 e. The third-order valence-electron chi connectivity index (χ3n) is 5.94. The van der Waals surface area contributed by atoms with E-state index in [1.807, 2.05) is 37.3 Å². The van der Waals surface area contributed by atoms with Gasteiger partial charge in [-0.1, -0.05) is 18.2 Å². The third-order valence-corrected chi connectivity index (χ3v) is 6.25. The zero-order valence-electron chi connectivity index (χ0n) is 19.0. The van der Waals surface area contributed by atoms with Crippen LogP contribution in [0, 0.1) is 24.1 Å². The molecule has 0 spiro atoms. The number of hydrogen-bond donors (Lipinski definition) is 2. The predicted octanol–water partition coefficient (Wildman–Crippen LogP) is 6.44. The first kappa shape index (κ1) is 22.6. The summed E-state index contributed by atoms with van der Waals surface area (Å²) in [6.07, 6.45) is 5.69. The molecule has 0 aliphatic carbocycles. The van der Waals surface area contributed by atoms with Crippen LogP contribution in [0.1, 0.15) is 33.5 Å². The molecular weight excluding hydrogens is 461 g/mol. The smallest absolute Gasteiger partial charge is 0.130 e. The summed E-state index contributed by atoms with van der Waals surface area (Å²) < 4.78 is 14.5. The van der Waals surface area contributed by atoms with Crippen LogP contribution < -0.4 is 5.32 Å². The fourth-order valence-corrected chi connectivity index (χ4v) is 4.39. The Labute approximate surface area is 206 Å². The normalized spacial score (nSPS) is 11.0. The molecular formula is C28H21ClFN5. The van der Waals surface area contributed by atoms with Crippen LogP contribution in [0.5, 0.6) is 0 Å². The molecule has 0 fully saturated rings. The maximum atomic E-state index is 14.5. The lowest BCUT2D eigenvalue weighted by atomic mass is 10.0. The molecule has 5 aromatic rings. The van der Waals surface area contributed by atoms with E-state index in [2.05, 4.69) is 32.9 Å². The third kappa shape index (κ3) is 4.59. The van der Waals surface area contributed by atoms with Crippen LogP contribution in [0.3, 0.4) is 0 Å². The molecule has 2 aromatic carbocycles. The number of nitrogens with one attached hydrogen (secondary N) is 2. The highest BCUT2D eigenvalue weighted by Gasteiger charge is 2.11. The van der Waals surface area contributed by atoms with Crippen molar-refractivity contribution in [2.45, 2.75) is 19.9 Å². The Morgan fingerprint density at radius 3 is 2.89 bits per heavy atom. The van der Waals surface area contributed by atoms with Gasteiger partial charge in [-0.15, -0.1) is 0 Å². The Morgan fingerprint density at radius 1 is 1.20 bits per heavy atom. The second kappa shape index (κ2) is 9.21. The summed E-state index contributed by atoms with van der Waals surface area (Å²) in [5.74, 6) is -0.318. The van der Waals surface area contributed by atoms with Crippen molar-refractivity contribution < 1.29 is 4.39 Å². The number of nitriles is 1. The lowest BCUT2D eigenvalue weighted by molar-refractivity contribution is 0.607. The molecule has 0 bridgehead atoms. The van der Waals surface area contributed by atoms with Crippen molar-refractivity contribution in [2.75, 3.05) is 0 Å². The van der Waals surface area contributed by atoms with E-state index in [0.29, 0.717) is 39.3 Å². The molecule has 5 rings (SSSR count). The summed E-state index contributed by atoms with van der Waals surface area (Å²) in [5, 5.41) is 15.1. The molecule has 0 radical (unpaired) electrons. The Bertz CT molecular complexity index is 1650. The lowest BCUT2D eigenvalue weighted by Gasteiger charge is -2.12. The quantitative estimate of drug-likeness (QED) is 0.293. The van der Waals surface area contributed by atoms with Crippen LogP contribution in [-0.2, 0) is 13.0 Å². The molecule has 7 heteroatoms. The monoisotopic (exact) mass is 481 g/mol. The topological polar surface area (TPSA) is 77.4 Å². The highest BCUT2D eigenvalue weighted by atomic mass is 35.5. The number of fused-ring (bicyclic) bond motifs is 2. The van der Waals surface area contributed by atoms with E-state index in [1.165, 1.54) is 6.07 Å². The molecule has 0 atom stereocenters. The van der Waals surface area contributed by atoms with Crippen molar-refractivity contribution in [3.05, 3.63) is 112 Å². The number of hydrogen-bond acceptors (Lipinski definition) is 4. The summed E-state index contributed by atoms with van der Waals surface area (Å²) in [5.41, 5.74) is 6.76. The van der Waals surface area contributed by atoms with Crippen molar-refractivity contribution in [2.24, 2.45) is 0 Å². The summed E-state index contributed by atoms with van der Waals surface area (Å²) in [7, 11) is 0. The summed E-state index contributed by atoms with van der Waals surface area (Å²) in [6.45, 7) is 6.36. The van der Waals surface area contributed by atoms with Gasteiger partial charge in [0, 0.05) is 70.4 Å². The van der Waals surface area contributed by atoms with Crippen LogP contribution in [0.4, 0.5) is 4.39 Å². The molecule has 2 N–H and O–H groups in total. The van der Waals surface area contributed by atoms with E-state index in [4.69, 9.17) is 11.6 Å². The minimum Gasteiger partial charge on any atom is -0.381 e. The van der Waals surface area contributed by atoms with Crippen molar-refractivity contribution in [3.63, 3.8) is 0 Å². The average molecular weight is 482 g/mol. The Morgan fingerprint density at radius 2 is 2.06 bits per heavy atom. The number of rotatable bonds is 6. The highest BCUT2D eigenvalue weighted by Crippen LogP contribution is 2.26. The van der Waals surface area contributed by atoms with E-state index in [0.717, 1.165) is 33.2 Å². The Balaban J connectivity index is 1.35. The fourth-order valence-electron chi connectivity index (χ4n) is 4.17. The number of nitrogens with zero attached hydrogens (tertiary/aromatic N) is 3. The van der Waals surface area contributed by atoms with Crippen molar-refractivity contribution in [1.82, 2.24) is 20.3 Å². The molecule has 0 saturated carbocycles. The van der Waals surface area contributed by atoms with Crippen LogP contribution in [-0.4, -0.2) is 15.0 Å². The van der Waals surface area contributed by atoms with Crippen molar-refractivity contribution in [1.29, 1.82) is 5.26 Å². The number of H-pyrrole nitrogens is 1. The molecule has 3 heterocycles. The SMILES string of the molecule is C=C(NCc1cc2c(Cl)c[nH]c2cc1F)c1ccnc(Cc2cc(C#N)c3ncc(C)cc3c2)c1. The van der Waals surface area contributed by atoms with Gasteiger partial charge in [-0.05, 0) is 60.5 Å². The summed E-state index contributed by atoms with van der Waals surface area (Å²) in [4.78, 5) is 11.9. The van der Waals surface area contributed by atoms with Gasteiger partial charge in [-0.25, -0.2) is 4.39 Å². The Kier molecular flexibility index (Phi) is 5.94. The first-order valence-corrected chi connectivity index (χ1v) is 11.4. The standard InChI is InChI=1S/C28H21ClFN5/c1-16-5-20-6-18(7-21(12-31)28(20)35-13-16)8-23-9-19(3-4-32-23)17(2)33-14-22-10-24-25(29)15-34-27(24)11-26(22)30/h3-7,9-11,13,15,33-34H,2,8,14H2,1H3. The van der Waals surface area contributed by atoms with Gasteiger partial charge in [0.1, 0.15) is 11.9 Å². The highest BCUT2D eigenvalue weighted by molar-refractivity contribution is 6.35. The van der Waals surface area contributed by atoms with Crippen molar-refractivity contribution >= 4 is 39.1 Å². The summed E-state index contributed by atoms with van der Waals surface area (Å²) in [6, 6.07) is 15.2. The van der Waals surface area contributed by atoms with E-state index in [1.54, 1.807) is 24.7 Å². The molecule has 3 aromatic heterocycles. The number of halogens is 2. The average Bonchev–Trinajstić information content (AvgIpc) is 3.20. The second-order valence-corrected chi connectivity index (χ2v) is 8.92. The van der Waals surface area contributed by atoms with Gasteiger partial charge >= 0.3 is 0 Å². The summed E-state index contributed by atoms with van der Waals surface area (Å²) >= 11 is 6.18. The number of aryl methyl sites for hydroxylation is 1. The molecule has 0 saturated heterocycles. The number of pyridine rings is 2. The largest absolute Gasteiger partial charge is 0.381 e. The molecule has 0 aliphatic heterocycles. The van der Waals surface area contributed by atoms with Crippen LogP contribution in [0.2, 0.25) is 5.02 Å². The van der Waals surface area contributed by atoms with Gasteiger partial charge in [0.05, 0.1) is 16.1 Å². The minimum absolute atomic E-state index is 0.266. The molecule has 0 unspecified atom stereocenters. The van der Waals surface area contributed by atoms with Gasteiger partial charge < -0.3 is 10.3 Å². The van der Waals surface area contributed by atoms with Gasteiger partial charge in [-0.3, -0.25) is 9.97 Å². The van der Waals surface area contributed by atoms with Crippen LogP contribution in [0.15, 0.2) is 67.6 Å². The molecule has 172 valence electrons. The lowest BCUT2D eigenvalue weighted by Crippen LogP contribution is -2.12.